The lowest BCUT2D eigenvalue weighted by molar-refractivity contribution is 0.181. The van der Waals surface area contributed by atoms with Gasteiger partial charge in [0.25, 0.3) is 0 Å². The predicted molar refractivity (Wildman–Crippen MR) is 80.1 cm³/mol. The van der Waals surface area contributed by atoms with Gasteiger partial charge in [0.15, 0.2) is 0 Å². The largest absolute Gasteiger partial charge is 0.383 e. The molecular formula is C14H24BrN3O. The minimum atomic E-state index is 0.369. The SMILES string of the molecule is CCNC(c1c(Br)cnn1CCOC)C1CC1(C)C. The molecule has 4 nitrogen and oxygen atoms in total. The first-order chi connectivity index (χ1) is 9.01. The zero-order chi connectivity index (χ0) is 14.0. The Balaban J connectivity index is 2.23. The van der Waals surface area contributed by atoms with Crippen molar-refractivity contribution < 1.29 is 4.74 Å². The van der Waals surface area contributed by atoms with E-state index in [1.807, 2.05) is 6.20 Å². The van der Waals surface area contributed by atoms with E-state index in [2.05, 4.69) is 51.8 Å². The summed E-state index contributed by atoms with van der Waals surface area (Å²) in [5, 5.41) is 8.09. The molecule has 1 saturated carbocycles. The second-order valence-corrected chi connectivity index (χ2v) is 6.78. The molecule has 5 heteroatoms. The average molecular weight is 330 g/mol. The Labute approximate surface area is 124 Å². The number of ether oxygens (including phenoxy) is 1. The van der Waals surface area contributed by atoms with Crippen LogP contribution in [0.5, 0.6) is 0 Å². The maximum absolute atomic E-state index is 5.17. The second kappa shape index (κ2) is 5.94. The number of halogens is 1. The van der Waals surface area contributed by atoms with Gasteiger partial charge >= 0.3 is 0 Å². The molecule has 0 radical (unpaired) electrons. The Hall–Kier alpha value is -0.390. The van der Waals surface area contributed by atoms with Crippen LogP contribution in [-0.2, 0) is 11.3 Å². The lowest BCUT2D eigenvalue weighted by Gasteiger charge is -2.22. The number of rotatable bonds is 7. The van der Waals surface area contributed by atoms with Crippen LogP contribution >= 0.6 is 15.9 Å². The number of methoxy groups -OCH3 is 1. The molecule has 0 saturated heterocycles. The van der Waals surface area contributed by atoms with E-state index in [4.69, 9.17) is 4.74 Å². The Morgan fingerprint density at radius 1 is 1.63 bits per heavy atom. The topological polar surface area (TPSA) is 39.1 Å². The molecule has 0 amide bonds. The Morgan fingerprint density at radius 2 is 2.32 bits per heavy atom. The number of hydrogen-bond donors (Lipinski definition) is 1. The van der Waals surface area contributed by atoms with E-state index in [-0.39, 0.29) is 0 Å². The molecule has 1 heterocycles. The zero-order valence-electron chi connectivity index (χ0n) is 12.2. The third kappa shape index (κ3) is 3.20. The molecule has 2 atom stereocenters. The number of aromatic nitrogens is 2. The summed E-state index contributed by atoms with van der Waals surface area (Å²) in [6.45, 7) is 9.29. The molecule has 0 spiro atoms. The van der Waals surface area contributed by atoms with Crippen LogP contribution in [0.3, 0.4) is 0 Å². The van der Waals surface area contributed by atoms with E-state index in [0.29, 0.717) is 24.0 Å². The molecule has 1 aliphatic rings. The first-order valence-electron chi connectivity index (χ1n) is 6.94. The van der Waals surface area contributed by atoms with Crippen LogP contribution in [0.15, 0.2) is 10.7 Å². The fourth-order valence-corrected chi connectivity index (χ4v) is 3.31. The van der Waals surface area contributed by atoms with Crippen molar-refractivity contribution in [3.8, 4) is 0 Å². The highest BCUT2D eigenvalue weighted by atomic mass is 79.9. The highest BCUT2D eigenvalue weighted by Gasteiger charge is 2.51. The molecule has 1 aromatic rings. The molecule has 0 aliphatic heterocycles. The summed E-state index contributed by atoms with van der Waals surface area (Å²) in [6, 6.07) is 0.369. The summed E-state index contributed by atoms with van der Waals surface area (Å²) in [5.41, 5.74) is 1.69. The molecule has 2 unspecified atom stereocenters. The molecular weight excluding hydrogens is 306 g/mol. The summed E-state index contributed by atoms with van der Waals surface area (Å²) in [6.07, 6.45) is 3.16. The lowest BCUT2D eigenvalue weighted by Crippen LogP contribution is -2.28. The van der Waals surface area contributed by atoms with Crippen molar-refractivity contribution in [2.75, 3.05) is 20.3 Å². The summed E-state index contributed by atoms with van der Waals surface area (Å²) >= 11 is 3.65. The van der Waals surface area contributed by atoms with Gasteiger partial charge < -0.3 is 10.1 Å². The minimum Gasteiger partial charge on any atom is -0.383 e. The van der Waals surface area contributed by atoms with Gasteiger partial charge in [0.2, 0.25) is 0 Å². The van der Waals surface area contributed by atoms with Crippen LogP contribution in [0.2, 0.25) is 0 Å². The summed E-state index contributed by atoms with van der Waals surface area (Å²) in [4.78, 5) is 0. The molecule has 1 fully saturated rings. The van der Waals surface area contributed by atoms with Crippen LogP contribution < -0.4 is 5.32 Å². The van der Waals surface area contributed by atoms with Gasteiger partial charge in [0, 0.05) is 7.11 Å². The van der Waals surface area contributed by atoms with E-state index in [9.17, 15) is 0 Å². The summed E-state index contributed by atoms with van der Waals surface area (Å²) in [7, 11) is 1.73. The van der Waals surface area contributed by atoms with E-state index >= 15 is 0 Å². The van der Waals surface area contributed by atoms with E-state index in [1.54, 1.807) is 7.11 Å². The molecule has 19 heavy (non-hydrogen) atoms. The van der Waals surface area contributed by atoms with Crippen LogP contribution in [-0.4, -0.2) is 30.0 Å². The van der Waals surface area contributed by atoms with Crippen LogP contribution in [0.25, 0.3) is 0 Å². The van der Waals surface area contributed by atoms with E-state index in [0.717, 1.165) is 17.6 Å². The minimum absolute atomic E-state index is 0.369. The first-order valence-corrected chi connectivity index (χ1v) is 7.74. The molecule has 1 aromatic heterocycles. The molecule has 0 bridgehead atoms. The Kier molecular flexibility index (Phi) is 4.69. The lowest BCUT2D eigenvalue weighted by atomic mass is 10.0. The Morgan fingerprint density at radius 3 is 2.84 bits per heavy atom. The van der Waals surface area contributed by atoms with Gasteiger partial charge in [-0.3, -0.25) is 4.68 Å². The zero-order valence-corrected chi connectivity index (χ0v) is 13.8. The quantitative estimate of drug-likeness (QED) is 0.835. The maximum atomic E-state index is 5.17. The molecule has 1 aliphatic carbocycles. The van der Waals surface area contributed by atoms with Gasteiger partial charge in [-0.15, -0.1) is 0 Å². The third-order valence-electron chi connectivity index (χ3n) is 4.05. The fraction of sp³-hybridized carbons (Fsp3) is 0.786. The normalized spacial score (nSPS) is 22.5. The second-order valence-electron chi connectivity index (χ2n) is 5.93. The van der Waals surface area contributed by atoms with Crippen molar-refractivity contribution in [2.45, 2.75) is 39.8 Å². The van der Waals surface area contributed by atoms with Gasteiger partial charge in [0.05, 0.1) is 35.6 Å². The van der Waals surface area contributed by atoms with Gasteiger partial charge in [0.1, 0.15) is 0 Å². The maximum Gasteiger partial charge on any atom is 0.0699 e. The van der Waals surface area contributed by atoms with Gasteiger partial charge in [-0.1, -0.05) is 20.8 Å². The van der Waals surface area contributed by atoms with Crippen molar-refractivity contribution in [3.05, 3.63) is 16.4 Å². The highest BCUT2D eigenvalue weighted by Crippen LogP contribution is 2.58. The third-order valence-corrected chi connectivity index (χ3v) is 4.66. The van der Waals surface area contributed by atoms with Gasteiger partial charge in [-0.25, -0.2) is 0 Å². The average Bonchev–Trinajstić information content (AvgIpc) is 2.83. The van der Waals surface area contributed by atoms with Crippen molar-refractivity contribution >= 4 is 15.9 Å². The smallest absolute Gasteiger partial charge is 0.0699 e. The number of nitrogens with one attached hydrogen (secondary N) is 1. The van der Waals surface area contributed by atoms with E-state index < -0.39 is 0 Å². The predicted octanol–water partition coefficient (Wildman–Crippen LogP) is 2.99. The van der Waals surface area contributed by atoms with Crippen LogP contribution in [0.1, 0.15) is 38.9 Å². The summed E-state index contributed by atoms with van der Waals surface area (Å²) < 4.78 is 8.33. The summed E-state index contributed by atoms with van der Waals surface area (Å²) in [5.74, 6) is 0.682. The number of hydrogen-bond acceptors (Lipinski definition) is 3. The van der Waals surface area contributed by atoms with Crippen molar-refractivity contribution in [1.82, 2.24) is 15.1 Å². The fourth-order valence-electron chi connectivity index (χ4n) is 2.76. The first kappa shape index (κ1) is 15.0. The van der Waals surface area contributed by atoms with Crippen molar-refractivity contribution in [1.29, 1.82) is 0 Å². The van der Waals surface area contributed by atoms with Crippen LogP contribution in [0, 0.1) is 11.3 Å². The molecule has 108 valence electrons. The van der Waals surface area contributed by atoms with Crippen molar-refractivity contribution in [2.24, 2.45) is 11.3 Å². The Bertz CT molecular complexity index is 430. The van der Waals surface area contributed by atoms with Crippen molar-refractivity contribution in [3.63, 3.8) is 0 Å². The highest BCUT2D eigenvalue weighted by molar-refractivity contribution is 9.10. The molecule has 1 N–H and O–H groups in total. The van der Waals surface area contributed by atoms with Gasteiger partial charge in [-0.05, 0) is 40.2 Å². The molecule has 0 aromatic carbocycles. The standard InChI is InChI=1S/C14H24BrN3O/c1-5-16-12(10-8-14(10,2)3)13-11(15)9-17-18(13)6-7-19-4/h9-10,12,16H,5-8H2,1-4H3. The van der Waals surface area contributed by atoms with Gasteiger partial charge in [-0.2, -0.15) is 5.10 Å². The monoisotopic (exact) mass is 329 g/mol. The molecule has 2 rings (SSSR count). The van der Waals surface area contributed by atoms with Crippen LogP contribution in [0.4, 0.5) is 0 Å². The van der Waals surface area contributed by atoms with E-state index in [1.165, 1.54) is 12.1 Å². The number of nitrogens with zero attached hydrogens (tertiary/aromatic N) is 2.